The first-order valence-corrected chi connectivity index (χ1v) is 4.94. The maximum absolute atomic E-state index is 6.06. The van der Waals surface area contributed by atoms with E-state index in [0.29, 0.717) is 11.8 Å². The van der Waals surface area contributed by atoms with Gasteiger partial charge in [0.25, 0.3) is 0 Å². The second-order valence-electron chi connectivity index (χ2n) is 3.55. The molecule has 3 heteroatoms. The molecular weight excluding hydrogens is 176 g/mol. The molecule has 3 nitrogen and oxygen atoms in total. The number of ether oxygens (including phenoxy) is 1. The molecule has 78 valence electrons. The Morgan fingerprint density at radius 2 is 2.21 bits per heavy atom. The standard InChI is InChI=1S/C11H18N2O/c1-4-8(2)11(12)9-5-6-10(14-3)13-7-9/h5-8,11H,4,12H2,1-3H3/t8?,11-/m0/s1. The molecule has 0 fully saturated rings. The number of methoxy groups -OCH3 is 1. The van der Waals surface area contributed by atoms with Gasteiger partial charge in [-0.2, -0.15) is 0 Å². The molecule has 1 heterocycles. The van der Waals surface area contributed by atoms with Crippen molar-refractivity contribution in [1.82, 2.24) is 4.98 Å². The van der Waals surface area contributed by atoms with E-state index in [1.54, 1.807) is 13.3 Å². The van der Waals surface area contributed by atoms with Crippen LogP contribution in [0.5, 0.6) is 5.88 Å². The summed E-state index contributed by atoms with van der Waals surface area (Å²) in [6, 6.07) is 3.89. The molecule has 14 heavy (non-hydrogen) atoms. The van der Waals surface area contributed by atoms with E-state index in [1.807, 2.05) is 12.1 Å². The lowest BCUT2D eigenvalue weighted by molar-refractivity contribution is 0.396. The van der Waals surface area contributed by atoms with E-state index in [1.165, 1.54) is 0 Å². The molecular formula is C11H18N2O. The van der Waals surface area contributed by atoms with E-state index in [4.69, 9.17) is 10.5 Å². The quantitative estimate of drug-likeness (QED) is 0.798. The van der Waals surface area contributed by atoms with E-state index in [9.17, 15) is 0 Å². The second kappa shape index (κ2) is 4.96. The average Bonchev–Trinajstić information content (AvgIpc) is 2.27. The Morgan fingerprint density at radius 3 is 2.64 bits per heavy atom. The van der Waals surface area contributed by atoms with Gasteiger partial charge in [0, 0.05) is 18.3 Å². The Kier molecular flexibility index (Phi) is 3.89. The third-order valence-corrected chi connectivity index (χ3v) is 2.61. The fourth-order valence-corrected chi connectivity index (χ4v) is 1.29. The van der Waals surface area contributed by atoms with E-state index < -0.39 is 0 Å². The zero-order valence-electron chi connectivity index (χ0n) is 9.03. The van der Waals surface area contributed by atoms with Crippen LogP contribution in [0.1, 0.15) is 31.9 Å². The third kappa shape index (κ3) is 2.45. The smallest absolute Gasteiger partial charge is 0.212 e. The van der Waals surface area contributed by atoms with E-state index in [0.717, 1.165) is 12.0 Å². The summed E-state index contributed by atoms with van der Waals surface area (Å²) in [5, 5.41) is 0. The number of hydrogen-bond acceptors (Lipinski definition) is 3. The van der Waals surface area contributed by atoms with Gasteiger partial charge in [-0.1, -0.05) is 26.3 Å². The molecule has 0 bridgehead atoms. The molecule has 0 aliphatic carbocycles. The van der Waals surface area contributed by atoms with Crippen molar-refractivity contribution in [3.63, 3.8) is 0 Å². The summed E-state index contributed by atoms with van der Waals surface area (Å²) in [6.45, 7) is 4.29. The topological polar surface area (TPSA) is 48.1 Å². The molecule has 0 aromatic carbocycles. The molecule has 1 rings (SSSR count). The van der Waals surface area contributed by atoms with Crippen molar-refractivity contribution in [2.75, 3.05) is 7.11 Å². The lowest BCUT2D eigenvalue weighted by atomic mass is 9.95. The summed E-state index contributed by atoms with van der Waals surface area (Å²) in [5.74, 6) is 1.11. The van der Waals surface area contributed by atoms with Crippen LogP contribution in [-0.2, 0) is 0 Å². The van der Waals surface area contributed by atoms with Crippen LogP contribution in [0.3, 0.4) is 0 Å². The van der Waals surface area contributed by atoms with Crippen LogP contribution in [0.15, 0.2) is 18.3 Å². The third-order valence-electron chi connectivity index (χ3n) is 2.61. The van der Waals surface area contributed by atoms with Crippen molar-refractivity contribution in [2.24, 2.45) is 11.7 Å². The SMILES string of the molecule is CCC(C)[C@H](N)c1ccc(OC)nc1. The van der Waals surface area contributed by atoms with Gasteiger partial charge in [0.2, 0.25) is 5.88 Å². The Hall–Kier alpha value is -1.09. The van der Waals surface area contributed by atoms with Crippen LogP contribution in [0.25, 0.3) is 0 Å². The number of nitrogens with zero attached hydrogens (tertiary/aromatic N) is 1. The van der Waals surface area contributed by atoms with Crippen LogP contribution < -0.4 is 10.5 Å². The first-order chi connectivity index (χ1) is 6.69. The molecule has 1 aromatic heterocycles. The average molecular weight is 194 g/mol. The summed E-state index contributed by atoms with van der Waals surface area (Å²) < 4.78 is 4.98. The number of aromatic nitrogens is 1. The van der Waals surface area contributed by atoms with Crippen LogP contribution in [0, 0.1) is 5.92 Å². The van der Waals surface area contributed by atoms with Crippen molar-refractivity contribution in [2.45, 2.75) is 26.3 Å². The molecule has 2 atom stereocenters. The summed E-state index contributed by atoms with van der Waals surface area (Å²) >= 11 is 0. The summed E-state index contributed by atoms with van der Waals surface area (Å²) in [5.41, 5.74) is 7.13. The minimum Gasteiger partial charge on any atom is -0.481 e. The van der Waals surface area contributed by atoms with Gasteiger partial charge < -0.3 is 10.5 Å². The molecule has 1 aromatic rings. The number of hydrogen-bond donors (Lipinski definition) is 1. The summed E-state index contributed by atoms with van der Waals surface area (Å²) in [6.07, 6.45) is 2.86. The van der Waals surface area contributed by atoms with Crippen molar-refractivity contribution in [3.8, 4) is 5.88 Å². The van der Waals surface area contributed by atoms with Crippen LogP contribution in [0.2, 0.25) is 0 Å². The molecule has 1 unspecified atom stereocenters. The van der Waals surface area contributed by atoms with Gasteiger partial charge in [0.05, 0.1) is 7.11 Å². The van der Waals surface area contributed by atoms with Gasteiger partial charge in [-0.3, -0.25) is 0 Å². The maximum Gasteiger partial charge on any atom is 0.212 e. The Labute approximate surface area is 85.3 Å². The van der Waals surface area contributed by atoms with E-state index in [2.05, 4.69) is 18.8 Å². The maximum atomic E-state index is 6.06. The normalized spacial score (nSPS) is 14.9. The highest BCUT2D eigenvalue weighted by Crippen LogP contribution is 2.21. The van der Waals surface area contributed by atoms with Crippen LogP contribution >= 0.6 is 0 Å². The molecule has 0 amide bonds. The highest BCUT2D eigenvalue weighted by molar-refractivity contribution is 5.20. The first-order valence-electron chi connectivity index (χ1n) is 4.94. The lowest BCUT2D eigenvalue weighted by Crippen LogP contribution is -2.18. The summed E-state index contributed by atoms with van der Waals surface area (Å²) in [4.78, 5) is 4.13. The van der Waals surface area contributed by atoms with Gasteiger partial charge >= 0.3 is 0 Å². The van der Waals surface area contributed by atoms with Gasteiger partial charge in [-0.15, -0.1) is 0 Å². The molecule has 2 N–H and O–H groups in total. The van der Waals surface area contributed by atoms with Gasteiger partial charge in [-0.05, 0) is 11.5 Å². The fraction of sp³-hybridized carbons (Fsp3) is 0.545. The van der Waals surface area contributed by atoms with Crippen LogP contribution in [-0.4, -0.2) is 12.1 Å². The second-order valence-corrected chi connectivity index (χ2v) is 3.55. The molecule has 0 radical (unpaired) electrons. The Balaban J connectivity index is 2.75. The zero-order valence-corrected chi connectivity index (χ0v) is 9.03. The molecule has 0 saturated heterocycles. The van der Waals surface area contributed by atoms with Gasteiger partial charge in [-0.25, -0.2) is 4.98 Å². The zero-order chi connectivity index (χ0) is 10.6. The van der Waals surface area contributed by atoms with E-state index >= 15 is 0 Å². The number of rotatable bonds is 4. The fourth-order valence-electron chi connectivity index (χ4n) is 1.29. The van der Waals surface area contributed by atoms with Crippen molar-refractivity contribution in [1.29, 1.82) is 0 Å². The molecule has 0 spiro atoms. The largest absolute Gasteiger partial charge is 0.481 e. The predicted molar refractivity (Wildman–Crippen MR) is 57.2 cm³/mol. The minimum atomic E-state index is 0.0680. The van der Waals surface area contributed by atoms with Crippen LogP contribution in [0.4, 0.5) is 0 Å². The van der Waals surface area contributed by atoms with Crippen molar-refractivity contribution in [3.05, 3.63) is 23.9 Å². The summed E-state index contributed by atoms with van der Waals surface area (Å²) in [7, 11) is 1.61. The van der Waals surface area contributed by atoms with Gasteiger partial charge in [0.1, 0.15) is 0 Å². The van der Waals surface area contributed by atoms with Crippen molar-refractivity contribution >= 4 is 0 Å². The van der Waals surface area contributed by atoms with Crippen molar-refractivity contribution < 1.29 is 4.74 Å². The van der Waals surface area contributed by atoms with E-state index in [-0.39, 0.29) is 6.04 Å². The first kappa shape index (κ1) is 11.0. The Morgan fingerprint density at radius 1 is 1.50 bits per heavy atom. The number of pyridine rings is 1. The highest BCUT2D eigenvalue weighted by atomic mass is 16.5. The predicted octanol–water partition coefficient (Wildman–Crippen LogP) is 2.14. The molecule has 0 aliphatic heterocycles. The number of nitrogens with two attached hydrogens (primary N) is 1. The monoisotopic (exact) mass is 194 g/mol. The molecule has 0 aliphatic rings. The lowest BCUT2D eigenvalue weighted by Gasteiger charge is -2.18. The highest BCUT2D eigenvalue weighted by Gasteiger charge is 2.13. The van der Waals surface area contributed by atoms with Gasteiger partial charge in [0.15, 0.2) is 0 Å². The minimum absolute atomic E-state index is 0.0680. The Bertz CT molecular complexity index is 271. The molecule has 0 saturated carbocycles.